The molecule has 0 radical (unpaired) electrons. The molecule has 2 amide bonds. The van der Waals surface area contributed by atoms with Gasteiger partial charge in [0.1, 0.15) is 0 Å². The number of hydrogen-bond donors (Lipinski definition) is 1. The predicted octanol–water partition coefficient (Wildman–Crippen LogP) is 3.18. The highest BCUT2D eigenvalue weighted by molar-refractivity contribution is 6.21. The molecule has 2 aliphatic heterocycles. The van der Waals surface area contributed by atoms with Crippen LogP contribution >= 0.6 is 0 Å². The maximum atomic E-state index is 13.7. The molecule has 1 unspecified atom stereocenters. The maximum absolute atomic E-state index is 13.7. The molecule has 2 aromatic carbocycles. The lowest BCUT2D eigenvalue weighted by atomic mass is 9.97. The highest BCUT2D eigenvalue weighted by Gasteiger charge is 2.38. The van der Waals surface area contributed by atoms with Crippen molar-refractivity contribution in [3.05, 3.63) is 93.2 Å². The van der Waals surface area contributed by atoms with Crippen molar-refractivity contribution >= 4 is 40.6 Å². The molecule has 0 fully saturated rings. The zero-order valence-electron chi connectivity index (χ0n) is 20.0. The third-order valence-electron chi connectivity index (χ3n) is 6.18. The average molecular weight is 498 g/mol. The van der Waals surface area contributed by atoms with Gasteiger partial charge in [-0.05, 0) is 24.1 Å². The molecule has 5 rings (SSSR count). The second kappa shape index (κ2) is 9.61. The number of rotatable bonds is 5. The van der Waals surface area contributed by atoms with E-state index in [1.54, 1.807) is 31.2 Å². The van der Waals surface area contributed by atoms with Crippen molar-refractivity contribution in [2.45, 2.75) is 19.5 Å². The summed E-state index contributed by atoms with van der Waals surface area (Å²) in [4.78, 5) is 52.8. The van der Waals surface area contributed by atoms with Crippen molar-refractivity contribution in [2.24, 2.45) is 9.98 Å². The first kappa shape index (κ1) is 23.8. The molecule has 0 saturated heterocycles. The average Bonchev–Trinajstić information content (AvgIpc) is 3.30. The van der Waals surface area contributed by atoms with E-state index >= 15 is 0 Å². The number of benzene rings is 2. The number of carbonyl (C=O) groups is 2. The Balaban J connectivity index is 1.62. The van der Waals surface area contributed by atoms with E-state index in [2.05, 4.69) is 20.3 Å². The van der Waals surface area contributed by atoms with E-state index < -0.39 is 22.9 Å². The highest BCUT2D eigenvalue weighted by atomic mass is 16.6. The quantitative estimate of drug-likeness (QED) is 0.248. The third-order valence-corrected chi connectivity index (χ3v) is 6.18. The van der Waals surface area contributed by atoms with E-state index in [9.17, 15) is 19.7 Å². The number of ether oxygens (including phenoxy) is 1. The first-order chi connectivity index (χ1) is 17.9. The minimum atomic E-state index is -1.28. The summed E-state index contributed by atoms with van der Waals surface area (Å²) in [5.41, 5.74) is 2.84. The van der Waals surface area contributed by atoms with Gasteiger partial charge in [0.15, 0.2) is 11.7 Å². The number of nitrogens with zero attached hydrogens (tertiary/aromatic N) is 5. The topological polar surface area (TPSA) is 139 Å². The van der Waals surface area contributed by atoms with Gasteiger partial charge in [-0.1, -0.05) is 30.3 Å². The Hall–Kier alpha value is -4.93. The molecule has 37 heavy (non-hydrogen) atoms. The van der Waals surface area contributed by atoms with E-state index in [0.29, 0.717) is 47.0 Å². The molecule has 2 aliphatic rings. The van der Waals surface area contributed by atoms with E-state index in [1.807, 2.05) is 18.2 Å². The molecule has 11 heteroatoms. The number of pyridine rings is 1. The highest BCUT2D eigenvalue weighted by Crippen LogP contribution is 2.39. The lowest BCUT2D eigenvalue weighted by Crippen LogP contribution is -2.47. The van der Waals surface area contributed by atoms with Crippen LogP contribution in [0.4, 0.5) is 17.2 Å². The van der Waals surface area contributed by atoms with E-state index in [-0.39, 0.29) is 17.1 Å². The summed E-state index contributed by atoms with van der Waals surface area (Å²) in [7, 11) is 1.46. The Labute approximate surface area is 211 Å². The molecule has 1 atom stereocenters. The van der Waals surface area contributed by atoms with Crippen molar-refractivity contribution in [1.82, 2.24) is 10.3 Å². The monoisotopic (exact) mass is 498 g/mol. The molecule has 0 aliphatic carbocycles. The van der Waals surface area contributed by atoms with Crippen molar-refractivity contribution < 1.29 is 19.2 Å². The lowest BCUT2D eigenvalue weighted by Gasteiger charge is -2.21. The lowest BCUT2D eigenvalue weighted by molar-refractivity contribution is -0.384. The molecule has 0 spiro atoms. The summed E-state index contributed by atoms with van der Waals surface area (Å²) in [5, 5.41) is 14.4. The molecule has 3 heterocycles. The fraction of sp³-hybridized carbons (Fsp3) is 0.192. The summed E-state index contributed by atoms with van der Waals surface area (Å²) < 4.78 is 5.08. The van der Waals surface area contributed by atoms with Crippen LogP contribution in [0.25, 0.3) is 0 Å². The van der Waals surface area contributed by atoms with Crippen LogP contribution in [0.3, 0.4) is 0 Å². The molecular formula is C26H22N6O5. The minimum absolute atomic E-state index is 0.0828. The van der Waals surface area contributed by atoms with Gasteiger partial charge in [-0.3, -0.25) is 19.7 Å². The fourth-order valence-electron chi connectivity index (χ4n) is 4.42. The van der Waals surface area contributed by atoms with Crippen LogP contribution in [0.1, 0.15) is 34.0 Å². The second-order valence-electron chi connectivity index (χ2n) is 8.43. The summed E-state index contributed by atoms with van der Waals surface area (Å²) in [5.74, 6) is -0.587. The van der Waals surface area contributed by atoms with Crippen LogP contribution in [0, 0.1) is 10.1 Å². The summed E-state index contributed by atoms with van der Waals surface area (Å²) >= 11 is 0. The number of nitrogens with one attached hydrogen (secondary N) is 1. The molecular weight excluding hydrogens is 476 g/mol. The van der Waals surface area contributed by atoms with Gasteiger partial charge in [0.05, 0.1) is 29.0 Å². The van der Waals surface area contributed by atoms with Gasteiger partial charge in [-0.25, -0.2) is 9.98 Å². The maximum Gasteiger partial charge on any atom is 0.272 e. The molecule has 11 nitrogen and oxygen atoms in total. The number of aliphatic imine (C=N–C) groups is 2. The Morgan fingerprint density at radius 1 is 1.22 bits per heavy atom. The van der Waals surface area contributed by atoms with Crippen LogP contribution < -0.4 is 10.2 Å². The van der Waals surface area contributed by atoms with Gasteiger partial charge >= 0.3 is 0 Å². The zero-order chi connectivity index (χ0) is 26.1. The normalized spacial score (nSPS) is 16.5. The van der Waals surface area contributed by atoms with Crippen LogP contribution in [0.5, 0.6) is 0 Å². The number of hydrogen-bond acceptors (Lipinski definition) is 8. The van der Waals surface area contributed by atoms with Gasteiger partial charge < -0.3 is 15.0 Å². The summed E-state index contributed by atoms with van der Waals surface area (Å²) in [6.07, 6.45) is 0.674. The van der Waals surface area contributed by atoms with Crippen molar-refractivity contribution in [2.75, 3.05) is 18.6 Å². The van der Waals surface area contributed by atoms with Crippen LogP contribution in [-0.4, -0.2) is 53.2 Å². The van der Waals surface area contributed by atoms with Gasteiger partial charge in [-0.2, -0.15) is 4.99 Å². The van der Waals surface area contributed by atoms with Crippen LogP contribution in [0.2, 0.25) is 0 Å². The Bertz CT molecular complexity index is 1480. The number of carbonyl (C=O) groups excluding carboxylic acids is 2. The molecule has 186 valence electrons. The Morgan fingerprint density at radius 3 is 2.73 bits per heavy atom. The number of aromatic nitrogens is 1. The zero-order valence-corrected chi connectivity index (χ0v) is 20.0. The predicted molar refractivity (Wildman–Crippen MR) is 137 cm³/mol. The third kappa shape index (κ3) is 4.42. The van der Waals surface area contributed by atoms with Gasteiger partial charge in [0, 0.05) is 42.9 Å². The first-order valence-corrected chi connectivity index (χ1v) is 11.5. The van der Waals surface area contributed by atoms with Crippen molar-refractivity contribution in [1.29, 1.82) is 0 Å². The molecule has 1 aromatic heterocycles. The Morgan fingerprint density at radius 2 is 2.00 bits per heavy atom. The number of nitro benzene ring substituents is 1. The van der Waals surface area contributed by atoms with Crippen LogP contribution in [0.15, 0.2) is 70.8 Å². The van der Waals surface area contributed by atoms with Crippen LogP contribution in [-0.2, 0) is 16.0 Å². The number of nitro groups is 1. The molecule has 0 bridgehead atoms. The second-order valence-corrected chi connectivity index (χ2v) is 8.43. The summed E-state index contributed by atoms with van der Waals surface area (Å²) in [6.45, 7) is 1.95. The first-order valence-electron chi connectivity index (χ1n) is 11.5. The van der Waals surface area contributed by atoms with E-state index in [1.165, 1.54) is 30.3 Å². The number of anilines is 1. The van der Waals surface area contributed by atoms with Crippen molar-refractivity contribution in [3.63, 3.8) is 0 Å². The minimum Gasteiger partial charge on any atom is -0.484 e. The summed E-state index contributed by atoms with van der Waals surface area (Å²) in [6, 6.07) is 15.1. The van der Waals surface area contributed by atoms with Gasteiger partial charge in [-0.15, -0.1) is 0 Å². The number of methoxy groups -OCH3 is 1. The van der Waals surface area contributed by atoms with E-state index in [4.69, 9.17) is 4.74 Å². The SMILES string of the molecule is CO/C(C)=N/c1ncccc1C(=O)NC1N=C(c2ccccc2)c2cc([N+](=O)[O-])cc3c2N(CC3)C1=O. The fourth-order valence-corrected chi connectivity index (χ4v) is 4.42. The van der Waals surface area contributed by atoms with E-state index in [0.717, 1.165) is 0 Å². The molecule has 3 aromatic rings. The molecule has 1 N–H and O–H groups in total. The Kier molecular flexibility index (Phi) is 6.18. The molecule has 0 saturated carbocycles. The number of amides is 2. The van der Waals surface area contributed by atoms with Gasteiger partial charge in [0.25, 0.3) is 17.5 Å². The van der Waals surface area contributed by atoms with Gasteiger partial charge in [0.2, 0.25) is 6.17 Å². The standard InChI is InChI=1S/C26H22N6O5/c1-15(37-2)28-23-19(9-6-11-27-23)25(33)30-24-26(34)31-12-10-17-13-18(32(35)36)14-20(22(17)31)21(29-24)16-7-4-3-5-8-16/h3-9,11,13-14,24H,10,12H2,1-2H3,(H,30,33)/b28-15+. The largest absolute Gasteiger partial charge is 0.484 e. The smallest absolute Gasteiger partial charge is 0.272 e. The number of non-ortho nitro benzene ring substituents is 1. The van der Waals surface area contributed by atoms with Crippen molar-refractivity contribution in [3.8, 4) is 0 Å².